The van der Waals surface area contributed by atoms with Gasteiger partial charge in [0.2, 0.25) is 0 Å². The van der Waals surface area contributed by atoms with Gasteiger partial charge in [-0.3, -0.25) is 24.7 Å². The zero-order valence-electron chi connectivity index (χ0n) is 17.9. The number of sulfone groups is 1. The van der Waals surface area contributed by atoms with Crippen LogP contribution in [0.4, 0.5) is 0 Å². The van der Waals surface area contributed by atoms with Gasteiger partial charge in [0.1, 0.15) is 0 Å². The number of ketones is 1. The number of thiophene rings is 1. The summed E-state index contributed by atoms with van der Waals surface area (Å²) in [4.78, 5) is 54.1. The predicted octanol–water partition coefficient (Wildman–Crippen LogP) is 1.60. The molecule has 0 aliphatic rings. The number of nitrogens with one attached hydrogen (secondary N) is 3. The fourth-order valence-electron chi connectivity index (χ4n) is 3.66. The first kappa shape index (κ1) is 24.3. The molecule has 0 saturated carbocycles. The van der Waals surface area contributed by atoms with Gasteiger partial charge in [-0.15, -0.1) is 11.3 Å². The smallest absolute Gasteiger partial charge is 0.328 e. The number of carboxylic acids is 1. The minimum atomic E-state index is -4.52. The third-order valence-electron chi connectivity index (χ3n) is 5.30. The molecule has 10 nitrogen and oxygen atoms in total. The molecular formula is C23H19N3O7S2. The molecule has 4 N–H and O–H groups in total. The highest BCUT2D eigenvalue weighted by Gasteiger charge is 2.41. The van der Waals surface area contributed by atoms with Crippen LogP contribution in [0.25, 0.3) is 10.9 Å². The van der Waals surface area contributed by atoms with Crippen molar-refractivity contribution < 1.29 is 23.1 Å². The van der Waals surface area contributed by atoms with Gasteiger partial charge in [-0.2, -0.15) is 0 Å². The van der Waals surface area contributed by atoms with E-state index in [1.54, 1.807) is 23.6 Å². The molecule has 0 radical (unpaired) electrons. The molecule has 2 heterocycles. The van der Waals surface area contributed by atoms with Gasteiger partial charge in [-0.1, -0.05) is 36.4 Å². The van der Waals surface area contributed by atoms with E-state index in [0.29, 0.717) is 0 Å². The van der Waals surface area contributed by atoms with Crippen LogP contribution in [0.3, 0.4) is 0 Å². The van der Waals surface area contributed by atoms with E-state index < -0.39 is 44.1 Å². The van der Waals surface area contributed by atoms with E-state index in [0.717, 1.165) is 17.0 Å². The van der Waals surface area contributed by atoms with Gasteiger partial charge >= 0.3 is 11.7 Å². The number of Topliss-reactive ketones (excluding diaryl/α,β-unsaturated/α-hetero) is 1. The summed E-state index contributed by atoms with van der Waals surface area (Å²) in [6.45, 7) is 0.0562. The summed E-state index contributed by atoms with van der Waals surface area (Å²) >= 11 is 1.36. The first-order valence-electron chi connectivity index (χ1n) is 10.3. The van der Waals surface area contributed by atoms with Gasteiger partial charge in [-0.25, -0.2) is 13.2 Å². The second-order valence-electron chi connectivity index (χ2n) is 7.59. The van der Waals surface area contributed by atoms with Crippen LogP contribution in [-0.2, 0) is 26.0 Å². The maximum atomic E-state index is 13.7. The Hall–Kier alpha value is -3.87. The molecule has 0 fully saturated rings. The molecule has 0 saturated heterocycles. The van der Waals surface area contributed by atoms with Crippen LogP contribution < -0.4 is 16.6 Å². The average Bonchev–Trinajstić information content (AvgIpc) is 3.33. The number of carbonyl (C=O) groups is 2. The number of hydrogen-bond donors (Lipinski definition) is 4. The molecule has 2 unspecified atom stereocenters. The molecule has 2 atom stereocenters. The largest absolute Gasteiger partial charge is 0.480 e. The van der Waals surface area contributed by atoms with Crippen molar-refractivity contribution in [2.45, 2.75) is 22.7 Å². The van der Waals surface area contributed by atoms with E-state index in [4.69, 9.17) is 0 Å². The molecule has 0 spiro atoms. The molecule has 0 aliphatic carbocycles. The van der Waals surface area contributed by atoms with Gasteiger partial charge < -0.3 is 10.1 Å². The van der Waals surface area contributed by atoms with Crippen molar-refractivity contribution in [2.75, 3.05) is 0 Å². The quantitative estimate of drug-likeness (QED) is 0.245. The summed E-state index contributed by atoms with van der Waals surface area (Å²) in [5.74, 6) is -2.59. The van der Waals surface area contributed by atoms with Gasteiger partial charge in [0.15, 0.2) is 26.9 Å². The lowest BCUT2D eigenvalue weighted by molar-refractivity contribution is -0.143. The molecule has 180 valence electrons. The second kappa shape index (κ2) is 9.78. The summed E-state index contributed by atoms with van der Waals surface area (Å²) in [7, 11) is -4.52. The van der Waals surface area contributed by atoms with Crippen molar-refractivity contribution in [1.29, 1.82) is 0 Å². The molecular weight excluding hydrogens is 494 g/mol. The monoisotopic (exact) mass is 513 g/mol. The Balaban J connectivity index is 1.80. The van der Waals surface area contributed by atoms with E-state index >= 15 is 0 Å². The third-order valence-corrected chi connectivity index (χ3v) is 8.21. The molecule has 35 heavy (non-hydrogen) atoms. The second-order valence-corrected chi connectivity index (χ2v) is 10.7. The van der Waals surface area contributed by atoms with E-state index in [9.17, 15) is 32.7 Å². The molecule has 2 aromatic carbocycles. The number of rotatable bonds is 9. The Morgan fingerprint density at radius 1 is 1.00 bits per heavy atom. The van der Waals surface area contributed by atoms with E-state index in [1.165, 1.54) is 41.7 Å². The van der Waals surface area contributed by atoms with Crippen LogP contribution in [0.1, 0.15) is 15.7 Å². The normalized spacial score (nSPS) is 13.4. The van der Waals surface area contributed by atoms with Crippen LogP contribution >= 0.6 is 11.3 Å². The average molecular weight is 514 g/mol. The van der Waals surface area contributed by atoms with Crippen molar-refractivity contribution in [2.24, 2.45) is 0 Å². The van der Waals surface area contributed by atoms with Crippen LogP contribution in [0.2, 0.25) is 0 Å². The van der Waals surface area contributed by atoms with Crippen molar-refractivity contribution in [3.05, 3.63) is 97.3 Å². The minimum Gasteiger partial charge on any atom is -0.480 e. The predicted molar refractivity (Wildman–Crippen MR) is 129 cm³/mol. The van der Waals surface area contributed by atoms with Crippen LogP contribution in [-0.4, -0.2) is 41.3 Å². The van der Waals surface area contributed by atoms with Crippen LogP contribution in [0.15, 0.2) is 80.5 Å². The maximum Gasteiger partial charge on any atom is 0.328 e. The highest BCUT2D eigenvalue weighted by Crippen LogP contribution is 2.32. The Labute approximate surface area is 202 Å². The Morgan fingerprint density at radius 3 is 2.40 bits per heavy atom. The van der Waals surface area contributed by atoms with E-state index in [-0.39, 0.29) is 27.9 Å². The molecule has 0 amide bonds. The summed E-state index contributed by atoms with van der Waals surface area (Å²) in [5, 5.41) is 12.2. The minimum absolute atomic E-state index is 0.0562. The van der Waals surface area contributed by atoms with E-state index in [2.05, 4.69) is 10.3 Å². The number of H-pyrrole nitrogens is 2. The number of fused-ring (bicyclic) bond motifs is 1. The molecule has 12 heteroatoms. The highest BCUT2D eigenvalue weighted by molar-refractivity contribution is 7.92. The van der Waals surface area contributed by atoms with Crippen molar-refractivity contribution in [3.63, 3.8) is 0 Å². The van der Waals surface area contributed by atoms with Gasteiger partial charge in [-0.05, 0) is 35.2 Å². The van der Waals surface area contributed by atoms with Crippen LogP contribution in [0, 0.1) is 0 Å². The molecule has 0 aliphatic heterocycles. The van der Waals surface area contributed by atoms with Crippen LogP contribution in [0.5, 0.6) is 0 Å². The summed E-state index contributed by atoms with van der Waals surface area (Å²) in [6, 6.07) is 12.7. The lowest BCUT2D eigenvalue weighted by Gasteiger charge is -2.22. The maximum absolute atomic E-state index is 13.7. The fourth-order valence-corrected chi connectivity index (χ4v) is 6.08. The van der Waals surface area contributed by atoms with Crippen molar-refractivity contribution in [1.82, 2.24) is 15.3 Å². The van der Waals surface area contributed by atoms with Gasteiger partial charge in [0.05, 0.1) is 15.8 Å². The summed E-state index contributed by atoms with van der Waals surface area (Å²) < 4.78 is 27.5. The lowest BCUT2D eigenvalue weighted by Crippen LogP contribution is -2.46. The topological polar surface area (TPSA) is 166 Å². The zero-order valence-corrected chi connectivity index (χ0v) is 19.6. The number of carboxylic acid groups (broad SMARTS) is 1. The first-order chi connectivity index (χ1) is 16.7. The Kier molecular flexibility index (Phi) is 6.78. The number of aliphatic carboxylic acids is 1. The fraction of sp³-hybridized carbons (Fsp3) is 0.130. The zero-order chi connectivity index (χ0) is 25.2. The Morgan fingerprint density at radius 2 is 1.74 bits per heavy atom. The standard InChI is InChI=1S/C23H19N3O7S2/c27-19(18(22(29)30)24-12-14-7-4-10-34-14)20(13-5-2-1-3-6-13)35(32,33)15-8-9-17-16(11-15)21(28)26-23(31)25-17/h1-11,18,20,24H,12H2,(H,29,30)(H2,25,26,28,31). The number of hydrogen-bond acceptors (Lipinski definition) is 8. The number of aromatic nitrogens is 2. The van der Waals surface area contributed by atoms with Gasteiger partial charge in [0.25, 0.3) is 5.56 Å². The first-order valence-corrected chi connectivity index (χ1v) is 12.7. The SMILES string of the molecule is O=C(O)C(NCc1cccs1)C(=O)C(c1ccccc1)S(=O)(=O)c1ccc2[nH]c(=O)[nH]c(=O)c2c1. The number of carbonyl (C=O) groups excluding carboxylic acids is 1. The summed E-state index contributed by atoms with van der Waals surface area (Å²) in [5.41, 5.74) is -1.36. The molecule has 2 aromatic heterocycles. The summed E-state index contributed by atoms with van der Waals surface area (Å²) in [6.07, 6.45) is 0. The third kappa shape index (κ3) is 4.99. The molecule has 4 rings (SSSR count). The van der Waals surface area contributed by atoms with E-state index in [1.807, 2.05) is 4.98 Å². The van der Waals surface area contributed by atoms with Crippen molar-refractivity contribution >= 4 is 43.8 Å². The Bertz CT molecular complexity index is 1610. The van der Waals surface area contributed by atoms with Crippen molar-refractivity contribution in [3.8, 4) is 0 Å². The lowest BCUT2D eigenvalue weighted by atomic mass is 10.0. The molecule has 0 bridgehead atoms. The number of benzene rings is 2. The molecule has 4 aromatic rings. The number of aromatic amines is 2. The highest BCUT2D eigenvalue weighted by atomic mass is 32.2. The van der Waals surface area contributed by atoms with Gasteiger partial charge in [0, 0.05) is 11.4 Å².